The number of carbonyl (C=O) groups is 2. The molecule has 1 aliphatic rings. The zero-order valence-corrected chi connectivity index (χ0v) is 21.4. The Morgan fingerprint density at radius 2 is 1.67 bits per heavy atom. The highest BCUT2D eigenvalue weighted by Gasteiger charge is 2.50. The second-order valence-corrected chi connectivity index (χ2v) is 15.1. The van der Waals surface area contributed by atoms with Gasteiger partial charge in [0.15, 0.2) is 5.78 Å². The Morgan fingerprint density at radius 3 is 2.21 bits per heavy atom. The van der Waals surface area contributed by atoms with Crippen LogP contribution < -0.4 is 9.74 Å². The van der Waals surface area contributed by atoms with Crippen LogP contribution in [0.1, 0.15) is 38.8 Å². The van der Waals surface area contributed by atoms with Gasteiger partial charge >= 0.3 is 6.09 Å². The second kappa shape index (κ2) is 9.69. The third-order valence-electron chi connectivity index (χ3n) is 6.46. The largest absolute Gasteiger partial charge is 0.544 e. The van der Waals surface area contributed by atoms with Crippen LogP contribution in [0.5, 0.6) is 5.75 Å². The van der Waals surface area contributed by atoms with Gasteiger partial charge in [0, 0.05) is 0 Å². The molecule has 1 saturated heterocycles. The number of alkyl carbamates (subject to hydrolysis) is 1. The van der Waals surface area contributed by atoms with Gasteiger partial charge in [-0.25, -0.2) is 4.79 Å². The summed E-state index contributed by atoms with van der Waals surface area (Å²) in [5.41, 5.74) is 0.955. The van der Waals surface area contributed by atoms with Crippen LogP contribution in [0.4, 0.5) is 4.79 Å². The number of Topliss-reactive ketones (excluding diaryl/α,β-unsaturated/α-hetero) is 1. The highest BCUT2D eigenvalue weighted by Crippen LogP contribution is 2.37. The molecule has 0 spiro atoms. The van der Waals surface area contributed by atoms with Crippen molar-refractivity contribution in [1.82, 2.24) is 5.32 Å². The minimum absolute atomic E-state index is 0.104. The predicted molar refractivity (Wildman–Crippen MR) is 131 cm³/mol. The quantitative estimate of drug-likeness (QED) is 0.400. The van der Waals surface area contributed by atoms with E-state index in [0.717, 1.165) is 16.9 Å². The number of benzene rings is 2. The van der Waals surface area contributed by atoms with Crippen LogP contribution in [0.25, 0.3) is 0 Å². The van der Waals surface area contributed by atoms with Crippen LogP contribution in [-0.4, -0.2) is 38.4 Å². The van der Waals surface area contributed by atoms with Gasteiger partial charge in [-0.1, -0.05) is 63.2 Å². The number of ether oxygens (including phenoxy) is 2. The summed E-state index contributed by atoms with van der Waals surface area (Å²) < 4.78 is 17.0. The Labute approximate surface area is 197 Å². The molecule has 1 heterocycles. The monoisotopic (exact) mass is 469 g/mol. The number of amides is 1. The lowest BCUT2D eigenvalue weighted by atomic mass is 9.95. The van der Waals surface area contributed by atoms with Gasteiger partial charge in [-0.15, -0.1) is 0 Å². The molecule has 2 aromatic carbocycles. The van der Waals surface area contributed by atoms with E-state index in [2.05, 4.69) is 39.2 Å². The number of epoxide rings is 1. The SMILES string of the molecule is CC1(C(=O)[C@H](Cc2ccc(O[Si](C)(C)C(C)(C)C)cc2)NC(=O)OCc2ccccc2)CO1. The topological polar surface area (TPSA) is 77.2 Å². The number of nitrogens with one attached hydrogen (secondary N) is 1. The van der Waals surface area contributed by atoms with E-state index in [1.807, 2.05) is 54.6 Å². The van der Waals surface area contributed by atoms with Gasteiger partial charge in [0.2, 0.25) is 8.32 Å². The molecule has 1 amide bonds. The molecular weight excluding hydrogens is 434 g/mol. The molecule has 2 aromatic rings. The molecule has 2 atom stereocenters. The Morgan fingerprint density at radius 1 is 1.06 bits per heavy atom. The fourth-order valence-corrected chi connectivity index (χ4v) is 4.14. The summed E-state index contributed by atoms with van der Waals surface area (Å²) in [5.74, 6) is 0.668. The Hall–Kier alpha value is -2.64. The van der Waals surface area contributed by atoms with E-state index in [0.29, 0.717) is 13.0 Å². The molecule has 1 aliphatic heterocycles. The molecule has 1 unspecified atom stereocenters. The minimum atomic E-state index is -1.93. The number of ketones is 1. The van der Waals surface area contributed by atoms with Crippen molar-refractivity contribution in [1.29, 1.82) is 0 Å². The lowest BCUT2D eigenvalue weighted by Crippen LogP contribution is -2.47. The van der Waals surface area contributed by atoms with Gasteiger partial charge in [0.25, 0.3) is 0 Å². The van der Waals surface area contributed by atoms with Crippen LogP contribution in [0.15, 0.2) is 54.6 Å². The fraction of sp³-hybridized carbons (Fsp3) is 0.462. The molecular formula is C26H35NO5Si. The maximum absolute atomic E-state index is 13.0. The molecule has 6 nitrogen and oxygen atoms in total. The van der Waals surface area contributed by atoms with Crippen molar-refractivity contribution in [3.05, 3.63) is 65.7 Å². The van der Waals surface area contributed by atoms with Crippen molar-refractivity contribution in [3.63, 3.8) is 0 Å². The average Bonchev–Trinajstić information content (AvgIpc) is 3.51. The van der Waals surface area contributed by atoms with Crippen LogP contribution >= 0.6 is 0 Å². The summed E-state index contributed by atoms with van der Waals surface area (Å²) in [6, 6.07) is 16.4. The van der Waals surface area contributed by atoms with Crippen LogP contribution in [0.3, 0.4) is 0 Å². The molecule has 0 aromatic heterocycles. The standard InChI is InChI=1S/C26H35NO5Si/c1-25(2,3)33(5,6)32-21-14-12-19(13-15-21)16-22(23(28)26(4)18-31-26)27-24(29)30-17-20-10-8-7-9-11-20/h7-15,22H,16-18H2,1-6H3,(H,27,29)/t22-,26?/m0/s1. The second-order valence-electron chi connectivity index (χ2n) is 10.4. The van der Waals surface area contributed by atoms with Gasteiger partial charge in [-0.3, -0.25) is 4.79 Å². The van der Waals surface area contributed by atoms with Gasteiger partial charge in [-0.2, -0.15) is 0 Å². The molecule has 0 radical (unpaired) electrons. The Balaban J connectivity index is 1.65. The van der Waals surface area contributed by atoms with Crippen LogP contribution in [0, 0.1) is 0 Å². The van der Waals surface area contributed by atoms with Gasteiger partial charge in [0.05, 0.1) is 12.6 Å². The van der Waals surface area contributed by atoms with E-state index in [-0.39, 0.29) is 17.4 Å². The fourth-order valence-electron chi connectivity index (χ4n) is 3.11. The lowest BCUT2D eigenvalue weighted by molar-refractivity contribution is -0.125. The van der Waals surface area contributed by atoms with Crippen LogP contribution in [-0.2, 0) is 27.3 Å². The molecule has 178 valence electrons. The van der Waals surface area contributed by atoms with Crippen molar-refractivity contribution in [2.24, 2.45) is 0 Å². The van der Waals surface area contributed by atoms with Crippen molar-refractivity contribution in [3.8, 4) is 5.75 Å². The van der Waals surface area contributed by atoms with E-state index in [4.69, 9.17) is 13.9 Å². The van der Waals surface area contributed by atoms with Crippen LogP contribution in [0.2, 0.25) is 18.1 Å². The smallest absolute Gasteiger partial charge is 0.408 e. The Bertz CT molecular complexity index is 962. The first kappa shape index (κ1) is 25.0. The van der Waals surface area contributed by atoms with E-state index in [1.54, 1.807) is 6.92 Å². The normalized spacial score (nSPS) is 18.8. The maximum atomic E-state index is 13.0. The molecule has 0 bridgehead atoms. The molecule has 0 aliphatic carbocycles. The molecule has 33 heavy (non-hydrogen) atoms. The highest BCUT2D eigenvalue weighted by atomic mass is 28.4. The summed E-state index contributed by atoms with van der Waals surface area (Å²) in [4.78, 5) is 25.4. The van der Waals surface area contributed by atoms with E-state index < -0.39 is 26.1 Å². The number of hydrogen-bond donors (Lipinski definition) is 1. The number of rotatable bonds is 9. The first-order valence-electron chi connectivity index (χ1n) is 11.3. The molecule has 0 saturated carbocycles. The van der Waals surface area contributed by atoms with Gasteiger partial charge in [0.1, 0.15) is 18.0 Å². The number of hydrogen-bond acceptors (Lipinski definition) is 5. The number of carbonyl (C=O) groups excluding carboxylic acids is 2. The van der Waals surface area contributed by atoms with E-state index in [9.17, 15) is 9.59 Å². The lowest BCUT2D eigenvalue weighted by Gasteiger charge is -2.36. The van der Waals surface area contributed by atoms with Crippen molar-refractivity contribution < 1.29 is 23.5 Å². The van der Waals surface area contributed by atoms with Gasteiger partial charge in [-0.05, 0) is 54.7 Å². The molecule has 1 fully saturated rings. The predicted octanol–water partition coefficient (Wildman–Crippen LogP) is 5.27. The molecule has 3 rings (SSSR count). The maximum Gasteiger partial charge on any atom is 0.408 e. The zero-order valence-electron chi connectivity index (χ0n) is 20.4. The van der Waals surface area contributed by atoms with Crippen molar-refractivity contribution in [2.75, 3.05) is 6.61 Å². The minimum Gasteiger partial charge on any atom is -0.544 e. The zero-order chi connectivity index (χ0) is 24.3. The summed E-state index contributed by atoms with van der Waals surface area (Å²) in [7, 11) is -1.93. The first-order valence-corrected chi connectivity index (χ1v) is 14.2. The summed E-state index contributed by atoms with van der Waals surface area (Å²) in [5, 5.41) is 2.84. The van der Waals surface area contributed by atoms with Crippen molar-refractivity contribution >= 4 is 20.2 Å². The van der Waals surface area contributed by atoms with E-state index >= 15 is 0 Å². The summed E-state index contributed by atoms with van der Waals surface area (Å²) in [6.07, 6.45) is -0.280. The third kappa shape index (κ3) is 6.68. The van der Waals surface area contributed by atoms with Gasteiger partial charge < -0.3 is 19.2 Å². The van der Waals surface area contributed by atoms with Crippen molar-refractivity contribution in [2.45, 2.75) is 70.5 Å². The highest BCUT2D eigenvalue weighted by molar-refractivity contribution is 6.74. The summed E-state index contributed by atoms with van der Waals surface area (Å²) >= 11 is 0. The molecule has 7 heteroatoms. The molecule has 1 N–H and O–H groups in total. The Kier molecular flexibility index (Phi) is 7.34. The first-order chi connectivity index (χ1) is 15.4. The van der Waals surface area contributed by atoms with E-state index in [1.165, 1.54) is 0 Å². The summed E-state index contributed by atoms with van der Waals surface area (Å²) in [6.45, 7) is 13.3. The average molecular weight is 470 g/mol. The third-order valence-corrected chi connectivity index (χ3v) is 10.8.